The molecule has 0 aliphatic rings. The summed E-state index contributed by atoms with van der Waals surface area (Å²) in [6, 6.07) is 8.59. The van der Waals surface area contributed by atoms with Crippen LogP contribution in [0.15, 0.2) is 24.3 Å². The SMILES string of the molecule is N#CC[C@@H](Cc1nc2ccccc2[nH]1)C(F)(F)F. The predicted octanol–water partition coefficient (Wildman–Crippen LogP) is 3.20. The summed E-state index contributed by atoms with van der Waals surface area (Å²) in [5.41, 5.74) is 1.33. The molecule has 0 saturated carbocycles. The number of benzene rings is 1. The Hall–Kier alpha value is -2.03. The average molecular weight is 253 g/mol. The molecule has 2 aromatic rings. The third-order valence-electron chi connectivity index (χ3n) is 2.68. The van der Waals surface area contributed by atoms with Gasteiger partial charge in [0.2, 0.25) is 0 Å². The van der Waals surface area contributed by atoms with Crippen molar-refractivity contribution in [3.63, 3.8) is 0 Å². The number of rotatable bonds is 3. The lowest BCUT2D eigenvalue weighted by Crippen LogP contribution is -2.25. The number of aromatic amines is 1. The standard InChI is InChI=1S/C12H10F3N3/c13-12(14,15)8(5-6-16)7-11-17-9-3-1-2-4-10(9)18-11/h1-4,8H,5,7H2,(H,17,18)/t8-/m0/s1. The van der Waals surface area contributed by atoms with Gasteiger partial charge in [-0.3, -0.25) is 0 Å². The minimum atomic E-state index is -4.38. The monoisotopic (exact) mass is 253 g/mol. The quantitative estimate of drug-likeness (QED) is 0.913. The smallest absolute Gasteiger partial charge is 0.342 e. The van der Waals surface area contributed by atoms with Gasteiger partial charge in [0, 0.05) is 12.8 Å². The van der Waals surface area contributed by atoms with Crippen LogP contribution in [0.4, 0.5) is 13.2 Å². The zero-order valence-corrected chi connectivity index (χ0v) is 9.33. The van der Waals surface area contributed by atoms with Crippen LogP contribution in [0.1, 0.15) is 12.2 Å². The van der Waals surface area contributed by atoms with Crippen molar-refractivity contribution in [2.75, 3.05) is 0 Å². The number of aromatic nitrogens is 2. The van der Waals surface area contributed by atoms with E-state index < -0.39 is 18.5 Å². The van der Waals surface area contributed by atoms with Gasteiger partial charge in [0.05, 0.1) is 23.0 Å². The number of nitrogens with zero attached hydrogens (tertiary/aromatic N) is 2. The number of imidazole rings is 1. The van der Waals surface area contributed by atoms with E-state index in [2.05, 4.69) is 9.97 Å². The third kappa shape index (κ3) is 2.62. The Bertz CT molecular complexity index is 547. The number of nitrogens with one attached hydrogen (secondary N) is 1. The predicted molar refractivity (Wildman–Crippen MR) is 59.6 cm³/mol. The molecule has 0 radical (unpaired) electrons. The molecule has 0 bridgehead atoms. The summed E-state index contributed by atoms with van der Waals surface area (Å²) in [7, 11) is 0. The van der Waals surface area contributed by atoms with Gasteiger partial charge in [-0.25, -0.2) is 4.98 Å². The first-order valence-electron chi connectivity index (χ1n) is 5.38. The van der Waals surface area contributed by atoms with Crippen molar-refractivity contribution < 1.29 is 13.2 Å². The Morgan fingerprint density at radius 2 is 2.06 bits per heavy atom. The van der Waals surface area contributed by atoms with E-state index in [0.29, 0.717) is 11.0 Å². The molecule has 0 aliphatic carbocycles. The van der Waals surface area contributed by atoms with E-state index in [4.69, 9.17) is 5.26 Å². The molecule has 0 fully saturated rings. The van der Waals surface area contributed by atoms with Crippen LogP contribution in [0.5, 0.6) is 0 Å². The Morgan fingerprint density at radius 3 is 2.67 bits per heavy atom. The minimum absolute atomic E-state index is 0.258. The van der Waals surface area contributed by atoms with Crippen LogP contribution in [0.3, 0.4) is 0 Å². The lowest BCUT2D eigenvalue weighted by Gasteiger charge is -2.15. The average Bonchev–Trinajstić information content (AvgIpc) is 2.69. The van der Waals surface area contributed by atoms with Crippen molar-refractivity contribution in [3.8, 4) is 6.07 Å². The number of halogens is 3. The van der Waals surface area contributed by atoms with Gasteiger partial charge in [0.15, 0.2) is 0 Å². The van der Waals surface area contributed by atoms with Gasteiger partial charge in [-0.05, 0) is 12.1 Å². The molecular weight excluding hydrogens is 243 g/mol. The molecule has 18 heavy (non-hydrogen) atoms. The van der Waals surface area contributed by atoms with Crippen LogP contribution in [0, 0.1) is 17.2 Å². The lowest BCUT2D eigenvalue weighted by atomic mass is 10.0. The summed E-state index contributed by atoms with van der Waals surface area (Å²) in [4.78, 5) is 6.92. The van der Waals surface area contributed by atoms with Gasteiger partial charge in [-0.2, -0.15) is 18.4 Å². The van der Waals surface area contributed by atoms with Gasteiger partial charge < -0.3 is 4.98 Å². The van der Waals surface area contributed by atoms with E-state index in [1.807, 2.05) is 0 Å². The van der Waals surface area contributed by atoms with Crippen LogP contribution in [-0.2, 0) is 6.42 Å². The first kappa shape index (κ1) is 12.4. The van der Waals surface area contributed by atoms with Crippen molar-refractivity contribution in [2.45, 2.75) is 19.0 Å². The maximum absolute atomic E-state index is 12.7. The second-order valence-corrected chi connectivity index (χ2v) is 4.01. The van der Waals surface area contributed by atoms with Gasteiger partial charge in [0.25, 0.3) is 0 Å². The van der Waals surface area contributed by atoms with Crippen LogP contribution in [0.2, 0.25) is 0 Å². The van der Waals surface area contributed by atoms with E-state index in [1.54, 1.807) is 30.3 Å². The van der Waals surface area contributed by atoms with Crippen molar-refractivity contribution >= 4 is 11.0 Å². The third-order valence-corrected chi connectivity index (χ3v) is 2.68. The van der Waals surface area contributed by atoms with Gasteiger partial charge in [0.1, 0.15) is 5.82 Å². The molecule has 3 nitrogen and oxygen atoms in total. The molecule has 1 heterocycles. The number of alkyl halides is 3. The number of nitriles is 1. The molecule has 1 aromatic heterocycles. The van der Waals surface area contributed by atoms with E-state index in [9.17, 15) is 13.2 Å². The fraction of sp³-hybridized carbons (Fsp3) is 0.333. The Balaban J connectivity index is 2.24. The van der Waals surface area contributed by atoms with E-state index in [-0.39, 0.29) is 12.2 Å². The van der Waals surface area contributed by atoms with Crippen LogP contribution >= 0.6 is 0 Å². The van der Waals surface area contributed by atoms with Crippen LogP contribution in [0.25, 0.3) is 11.0 Å². The molecule has 1 aromatic carbocycles. The largest absolute Gasteiger partial charge is 0.393 e. The zero-order chi connectivity index (χ0) is 13.2. The summed E-state index contributed by atoms with van der Waals surface area (Å²) in [5, 5.41) is 8.44. The number of para-hydroxylation sites is 2. The van der Waals surface area contributed by atoms with Crippen molar-refractivity contribution in [1.82, 2.24) is 9.97 Å². The molecule has 1 N–H and O–H groups in total. The summed E-state index contributed by atoms with van der Waals surface area (Å²) in [5.74, 6) is -1.42. The minimum Gasteiger partial charge on any atom is -0.342 e. The highest BCUT2D eigenvalue weighted by Gasteiger charge is 2.39. The molecule has 94 valence electrons. The second-order valence-electron chi connectivity index (χ2n) is 4.01. The number of H-pyrrole nitrogens is 1. The van der Waals surface area contributed by atoms with Crippen molar-refractivity contribution in [1.29, 1.82) is 5.26 Å². The summed E-state index contributed by atoms with van der Waals surface area (Å²) >= 11 is 0. The molecule has 2 rings (SSSR count). The Morgan fingerprint density at radius 1 is 1.33 bits per heavy atom. The Kier molecular flexibility index (Phi) is 3.24. The van der Waals surface area contributed by atoms with Gasteiger partial charge in [-0.1, -0.05) is 12.1 Å². The fourth-order valence-corrected chi connectivity index (χ4v) is 1.75. The topological polar surface area (TPSA) is 52.5 Å². The number of hydrogen-bond acceptors (Lipinski definition) is 2. The van der Waals surface area contributed by atoms with E-state index >= 15 is 0 Å². The van der Waals surface area contributed by atoms with Crippen molar-refractivity contribution in [2.24, 2.45) is 5.92 Å². The highest BCUT2D eigenvalue weighted by atomic mass is 19.4. The van der Waals surface area contributed by atoms with Crippen molar-refractivity contribution in [3.05, 3.63) is 30.1 Å². The van der Waals surface area contributed by atoms with Crippen LogP contribution < -0.4 is 0 Å². The molecule has 0 amide bonds. The maximum atomic E-state index is 12.7. The molecular formula is C12H10F3N3. The molecule has 0 spiro atoms. The number of fused-ring (bicyclic) bond motifs is 1. The summed E-state index contributed by atoms with van der Waals surface area (Å²) < 4.78 is 38.0. The second kappa shape index (κ2) is 4.69. The highest BCUT2D eigenvalue weighted by molar-refractivity contribution is 5.74. The van der Waals surface area contributed by atoms with Gasteiger partial charge >= 0.3 is 6.18 Å². The molecule has 0 unspecified atom stereocenters. The van der Waals surface area contributed by atoms with E-state index in [0.717, 1.165) is 0 Å². The van der Waals surface area contributed by atoms with Crippen LogP contribution in [-0.4, -0.2) is 16.1 Å². The first-order chi connectivity index (χ1) is 8.50. The Labute approximate surface area is 101 Å². The first-order valence-corrected chi connectivity index (χ1v) is 5.38. The highest BCUT2D eigenvalue weighted by Crippen LogP contribution is 2.31. The normalized spacial score (nSPS) is 13.4. The lowest BCUT2D eigenvalue weighted by molar-refractivity contribution is -0.173. The van der Waals surface area contributed by atoms with E-state index in [1.165, 1.54) is 0 Å². The fourth-order valence-electron chi connectivity index (χ4n) is 1.75. The zero-order valence-electron chi connectivity index (χ0n) is 9.33. The number of hydrogen-bond donors (Lipinski definition) is 1. The molecule has 1 atom stereocenters. The molecule has 0 aliphatic heterocycles. The van der Waals surface area contributed by atoms with Gasteiger partial charge in [-0.15, -0.1) is 0 Å². The molecule has 6 heteroatoms. The summed E-state index contributed by atoms with van der Waals surface area (Å²) in [6.45, 7) is 0. The summed E-state index contributed by atoms with van der Waals surface area (Å²) in [6.07, 6.45) is -5.24. The molecule has 0 saturated heterocycles. The maximum Gasteiger partial charge on any atom is 0.393 e.